The standard InChI is InChI=1S/C13H17NO3/c1-3-13(15)17-12(8-14)9-16-11-6-4-5-10(2)7-11/h3-7,12H,1,8-9,14H2,2H3. The number of hydrogen-bond donors (Lipinski definition) is 1. The van der Waals surface area contributed by atoms with Gasteiger partial charge in [-0.15, -0.1) is 0 Å². The van der Waals surface area contributed by atoms with Crippen molar-refractivity contribution >= 4 is 5.97 Å². The lowest BCUT2D eigenvalue weighted by molar-refractivity contribution is -0.143. The van der Waals surface area contributed by atoms with Crippen LogP contribution in [0.1, 0.15) is 5.56 Å². The second-order valence-electron chi connectivity index (χ2n) is 3.63. The van der Waals surface area contributed by atoms with Gasteiger partial charge in [0.2, 0.25) is 0 Å². The van der Waals surface area contributed by atoms with Crippen LogP contribution in [0, 0.1) is 6.92 Å². The van der Waals surface area contributed by atoms with E-state index in [9.17, 15) is 4.79 Å². The zero-order valence-electron chi connectivity index (χ0n) is 9.89. The summed E-state index contributed by atoms with van der Waals surface area (Å²) in [7, 11) is 0. The second-order valence-corrected chi connectivity index (χ2v) is 3.63. The molecule has 0 aliphatic heterocycles. The molecule has 0 aromatic heterocycles. The molecule has 0 bridgehead atoms. The molecule has 0 radical (unpaired) electrons. The third-order valence-electron chi connectivity index (χ3n) is 2.14. The number of carbonyl (C=O) groups excluding carboxylic acids is 1. The zero-order chi connectivity index (χ0) is 12.7. The smallest absolute Gasteiger partial charge is 0.330 e. The maximum atomic E-state index is 11.0. The van der Waals surface area contributed by atoms with Crippen molar-refractivity contribution in [2.75, 3.05) is 13.2 Å². The Balaban J connectivity index is 2.47. The number of aryl methyl sites for hydroxylation is 1. The van der Waals surface area contributed by atoms with Gasteiger partial charge in [-0.1, -0.05) is 18.7 Å². The molecule has 0 spiro atoms. The van der Waals surface area contributed by atoms with E-state index in [2.05, 4.69) is 6.58 Å². The molecule has 2 N–H and O–H groups in total. The van der Waals surface area contributed by atoms with Gasteiger partial charge in [-0.05, 0) is 24.6 Å². The quantitative estimate of drug-likeness (QED) is 0.598. The molecule has 0 fully saturated rings. The molecule has 1 atom stereocenters. The van der Waals surface area contributed by atoms with Crippen LogP contribution in [0.2, 0.25) is 0 Å². The Morgan fingerprint density at radius 2 is 2.35 bits per heavy atom. The first-order valence-electron chi connectivity index (χ1n) is 5.38. The van der Waals surface area contributed by atoms with E-state index in [0.717, 1.165) is 17.4 Å². The molecule has 0 saturated carbocycles. The normalized spacial score (nSPS) is 11.6. The molecule has 1 aromatic rings. The lowest BCUT2D eigenvalue weighted by Crippen LogP contribution is -2.31. The molecule has 17 heavy (non-hydrogen) atoms. The fourth-order valence-electron chi connectivity index (χ4n) is 1.26. The molecule has 0 aliphatic rings. The lowest BCUT2D eigenvalue weighted by Gasteiger charge is -2.16. The molecule has 0 heterocycles. The van der Waals surface area contributed by atoms with E-state index in [1.165, 1.54) is 0 Å². The summed E-state index contributed by atoms with van der Waals surface area (Å²) in [5.41, 5.74) is 6.58. The third kappa shape index (κ3) is 4.70. The minimum atomic E-state index is -0.492. The Morgan fingerprint density at radius 1 is 1.59 bits per heavy atom. The molecule has 1 aromatic carbocycles. The predicted molar refractivity (Wildman–Crippen MR) is 65.8 cm³/mol. The Hall–Kier alpha value is -1.81. The van der Waals surface area contributed by atoms with E-state index >= 15 is 0 Å². The number of rotatable bonds is 6. The van der Waals surface area contributed by atoms with Crippen LogP contribution in [-0.2, 0) is 9.53 Å². The summed E-state index contributed by atoms with van der Waals surface area (Å²) in [4.78, 5) is 11.0. The summed E-state index contributed by atoms with van der Waals surface area (Å²) in [5.74, 6) is 0.242. The van der Waals surface area contributed by atoms with E-state index in [4.69, 9.17) is 15.2 Å². The first-order valence-corrected chi connectivity index (χ1v) is 5.38. The molecular formula is C13H17NO3. The van der Waals surface area contributed by atoms with Crippen molar-refractivity contribution in [3.63, 3.8) is 0 Å². The van der Waals surface area contributed by atoms with Gasteiger partial charge < -0.3 is 15.2 Å². The highest BCUT2D eigenvalue weighted by atomic mass is 16.6. The molecule has 4 heteroatoms. The van der Waals surface area contributed by atoms with Gasteiger partial charge in [-0.2, -0.15) is 0 Å². The molecular weight excluding hydrogens is 218 g/mol. The van der Waals surface area contributed by atoms with Crippen molar-refractivity contribution in [1.82, 2.24) is 0 Å². The Bertz CT molecular complexity index is 390. The molecule has 0 amide bonds. The van der Waals surface area contributed by atoms with Gasteiger partial charge in [0.15, 0.2) is 0 Å². The van der Waals surface area contributed by atoms with E-state index < -0.39 is 12.1 Å². The fraction of sp³-hybridized carbons (Fsp3) is 0.308. The number of esters is 1. The van der Waals surface area contributed by atoms with Crippen molar-refractivity contribution in [3.05, 3.63) is 42.5 Å². The van der Waals surface area contributed by atoms with Gasteiger partial charge >= 0.3 is 5.97 Å². The van der Waals surface area contributed by atoms with Crippen molar-refractivity contribution in [2.45, 2.75) is 13.0 Å². The Morgan fingerprint density at radius 3 is 2.94 bits per heavy atom. The zero-order valence-corrected chi connectivity index (χ0v) is 9.89. The van der Waals surface area contributed by atoms with Crippen LogP contribution in [0.25, 0.3) is 0 Å². The Labute approximate surface area is 101 Å². The molecule has 0 saturated heterocycles. The van der Waals surface area contributed by atoms with Gasteiger partial charge in [0.05, 0.1) is 0 Å². The van der Waals surface area contributed by atoms with Crippen LogP contribution < -0.4 is 10.5 Å². The molecule has 4 nitrogen and oxygen atoms in total. The average molecular weight is 235 g/mol. The van der Waals surface area contributed by atoms with Crippen molar-refractivity contribution in [3.8, 4) is 5.75 Å². The van der Waals surface area contributed by atoms with E-state index in [1.807, 2.05) is 31.2 Å². The number of benzene rings is 1. The van der Waals surface area contributed by atoms with Gasteiger partial charge in [-0.25, -0.2) is 4.79 Å². The highest BCUT2D eigenvalue weighted by Gasteiger charge is 2.11. The van der Waals surface area contributed by atoms with E-state index in [0.29, 0.717) is 0 Å². The largest absolute Gasteiger partial charge is 0.490 e. The number of hydrogen-bond acceptors (Lipinski definition) is 4. The fourth-order valence-corrected chi connectivity index (χ4v) is 1.26. The predicted octanol–water partition coefficient (Wildman–Crippen LogP) is 1.43. The molecule has 1 unspecified atom stereocenters. The summed E-state index contributed by atoms with van der Waals surface area (Å²) in [6, 6.07) is 7.63. The van der Waals surface area contributed by atoms with Crippen molar-refractivity contribution < 1.29 is 14.3 Å². The van der Waals surface area contributed by atoms with Gasteiger partial charge in [0.25, 0.3) is 0 Å². The minimum absolute atomic E-state index is 0.214. The van der Waals surface area contributed by atoms with Crippen molar-refractivity contribution in [2.24, 2.45) is 5.73 Å². The molecule has 0 aliphatic carbocycles. The van der Waals surface area contributed by atoms with Crippen LogP contribution in [0.4, 0.5) is 0 Å². The molecule has 1 rings (SSSR count). The number of ether oxygens (including phenoxy) is 2. The number of nitrogens with two attached hydrogens (primary N) is 1. The Kier molecular flexibility index (Phi) is 5.23. The van der Waals surface area contributed by atoms with Crippen LogP contribution in [0.5, 0.6) is 5.75 Å². The highest BCUT2D eigenvalue weighted by molar-refractivity contribution is 5.81. The summed E-state index contributed by atoms with van der Waals surface area (Å²) in [6.07, 6.45) is 0.649. The summed E-state index contributed by atoms with van der Waals surface area (Å²) >= 11 is 0. The topological polar surface area (TPSA) is 61.5 Å². The molecule has 92 valence electrons. The third-order valence-corrected chi connectivity index (χ3v) is 2.14. The van der Waals surface area contributed by atoms with Crippen LogP contribution in [0.3, 0.4) is 0 Å². The minimum Gasteiger partial charge on any atom is -0.490 e. The SMILES string of the molecule is C=CC(=O)OC(CN)COc1cccc(C)c1. The summed E-state index contributed by atoms with van der Waals surface area (Å²) in [6.45, 7) is 5.75. The first-order chi connectivity index (χ1) is 8.15. The van der Waals surface area contributed by atoms with Crippen LogP contribution in [-0.4, -0.2) is 25.2 Å². The lowest BCUT2D eigenvalue weighted by atomic mass is 10.2. The highest BCUT2D eigenvalue weighted by Crippen LogP contribution is 2.12. The summed E-state index contributed by atoms with van der Waals surface area (Å²) < 4.78 is 10.5. The monoisotopic (exact) mass is 235 g/mol. The van der Waals surface area contributed by atoms with Crippen molar-refractivity contribution in [1.29, 1.82) is 0 Å². The number of carbonyl (C=O) groups is 1. The first kappa shape index (κ1) is 13.3. The summed E-state index contributed by atoms with van der Waals surface area (Å²) in [5, 5.41) is 0. The van der Waals surface area contributed by atoms with E-state index in [-0.39, 0.29) is 13.2 Å². The van der Waals surface area contributed by atoms with Crippen LogP contribution in [0.15, 0.2) is 36.9 Å². The van der Waals surface area contributed by atoms with Crippen LogP contribution >= 0.6 is 0 Å². The average Bonchev–Trinajstić information content (AvgIpc) is 2.34. The van der Waals surface area contributed by atoms with Gasteiger partial charge in [0, 0.05) is 12.6 Å². The second kappa shape index (κ2) is 6.70. The maximum absolute atomic E-state index is 11.0. The van der Waals surface area contributed by atoms with Gasteiger partial charge in [0.1, 0.15) is 18.5 Å². The maximum Gasteiger partial charge on any atom is 0.330 e. The van der Waals surface area contributed by atoms with Gasteiger partial charge in [-0.3, -0.25) is 0 Å². The van der Waals surface area contributed by atoms with E-state index in [1.54, 1.807) is 0 Å².